The molecule has 0 aromatic heterocycles. The number of nitrogens with zero attached hydrogens (tertiary/aromatic N) is 1. The summed E-state index contributed by atoms with van der Waals surface area (Å²) in [5.74, 6) is 1.64. The first kappa shape index (κ1) is 12.6. The van der Waals surface area contributed by atoms with Crippen LogP contribution in [0, 0.1) is 0 Å². The zero-order chi connectivity index (χ0) is 13.3. The highest BCUT2D eigenvalue weighted by molar-refractivity contribution is 5.57. The van der Waals surface area contributed by atoms with Crippen LogP contribution >= 0.6 is 0 Å². The number of aliphatic hydroxyl groups excluding tert-OH is 1. The maximum absolute atomic E-state index is 9.51. The molecule has 1 saturated heterocycles. The number of rotatable bonds is 3. The van der Waals surface area contributed by atoms with Gasteiger partial charge in [0.25, 0.3) is 0 Å². The third-order valence-electron chi connectivity index (χ3n) is 4.27. The molecule has 3 rings (SSSR count). The molecule has 0 unspecified atom stereocenters. The summed E-state index contributed by atoms with van der Waals surface area (Å²) in [7, 11) is 1.92. The van der Waals surface area contributed by atoms with Crippen molar-refractivity contribution in [1.82, 2.24) is 5.32 Å². The largest absolute Gasteiger partial charge is 0.454 e. The highest BCUT2D eigenvalue weighted by Gasteiger charge is 2.32. The molecule has 0 spiro atoms. The number of hydrogen-bond acceptors (Lipinski definition) is 5. The third-order valence-corrected chi connectivity index (χ3v) is 4.27. The molecular formula is C14H20N2O3. The lowest BCUT2D eigenvalue weighted by atomic mass is 9.88. The molecule has 2 aliphatic heterocycles. The van der Waals surface area contributed by atoms with Crippen LogP contribution in [0.1, 0.15) is 12.8 Å². The van der Waals surface area contributed by atoms with E-state index in [-0.39, 0.29) is 12.1 Å². The zero-order valence-electron chi connectivity index (χ0n) is 11.2. The first-order valence-corrected chi connectivity index (χ1v) is 6.71. The highest BCUT2D eigenvalue weighted by Crippen LogP contribution is 2.36. The number of anilines is 1. The Kier molecular flexibility index (Phi) is 3.24. The van der Waals surface area contributed by atoms with E-state index >= 15 is 0 Å². The van der Waals surface area contributed by atoms with Crippen molar-refractivity contribution in [1.29, 1.82) is 0 Å². The van der Waals surface area contributed by atoms with Gasteiger partial charge in [-0.25, -0.2) is 0 Å². The Hall–Kier alpha value is -1.46. The van der Waals surface area contributed by atoms with Gasteiger partial charge < -0.3 is 24.8 Å². The number of piperidine rings is 1. The molecule has 1 fully saturated rings. The Balaban J connectivity index is 1.72. The zero-order valence-corrected chi connectivity index (χ0v) is 11.2. The van der Waals surface area contributed by atoms with E-state index in [1.807, 2.05) is 19.2 Å². The van der Waals surface area contributed by atoms with Gasteiger partial charge in [0, 0.05) is 30.4 Å². The number of hydrogen-bond donors (Lipinski definition) is 2. The molecule has 104 valence electrons. The topological polar surface area (TPSA) is 54.0 Å². The number of fused-ring (bicyclic) bond motifs is 1. The van der Waals surface area contributed by atoms with E-state index < -0.39 is 0 Å². The van der Waals surface area contributed by atoms with E-state index in [2.05, 4.69) is 16.3 Å². The smallest absolute Gasteiger partial charge is 0.231 e. The van der Waals surface area contributed by atoms with Crippen molar-refractivity contribution in [3.8, 4) is 11.5 Å². The van der Waals surface area contributed by atoms with Gasteiger partial charge >= 0.3 is 0 Å². The van der Waals surface area contributed by atoms with Crippen LogP contribution in [-0.4, -0.2) is 44.2 Å². The van der Waals surface area contributed by atoms with Crippen LogP contribution in [0.3, 0.4) is 0 Å². The molecule has 0 aliphatic carbocycles. The lowest BCUT2D eigenvalue weighted by Crippen LogP contribution is -2.54. The SMILES string of the molecule is CNC1(CO)CCN(c2ccc3c(c2)OCO3)CC1. The third kappa shape index (κ3) is 2.24. The first-order valence-electron chi connectivity index (χ1n) is 6.71. The van der Waals surface area contributed by atoms with Gasteiger partial charge in [0.05, 0.1) is 6.61 Å². The fourth-order valence-electron chi connectivity index (χ4n) is 2.76. The van der Waals surface area contributed by atoms with Crippen molar-refractivity contribution >= 4 is 5.69 Å². The Morgan fingerprint density at radius 3 is 2.68 bits per heavy atom. The van der Waals surface area contributed by atoms with Crippen molar-refractivity contribution in [3.63, 3.8) is 0 Å². The van der Waals surface area contributed by atoms with Gasteiger partial charge in [-0.1, -0.05) is 0 Å². The lowest BCUT2D eigenvalue weighted by Gasteiger charge is -2.41. The Morgan fingerprint density at radius 1 is 1.26 bits per heavy atom. The molecule has 0 saturated carbocycles. The summed E-state index contributed by atoms with van der Waals surface area (Å²) in [6.07, 6.45) is 1.88. The van der Waals surface area contributed by atoms with E-state index in [0.717, 1.165) is 43.1 Å². The minimum absolute atomic E-state index is 0.118. The summed E-state index contributed by atoms with van der Waals surface area (Å²) in [6.45, 7) is 2.37. The van der Waals surface area contributed by atoms with Crippen LogP contribution in [-0.2, 0) is 0 Å². The molecule has 0 bridgehead atoms. The van der Waals surface area contributed by atoms with E-state index in [4.69, 9.17) is 9.47 Å². The summed E-state index contributed by atoms with van der Waals surface area (Å²) in [5, 5.41) is 12.8. The molecule has 2 N–H and O–H groups in total. The second kappa shape index (κ2) is 4.90. The van der Waals surface area contributed by atoms with Gasteiger partial charge in [0.1, 0.15) is 0 Å². The summed E-state index contributed by atoms with van der Waals surface area (Å²) in [4.78, 5) is 2.33. The molecule has 1 aromatic carbocycles. The van der Waals surface area contributed by atoms with E-state index in [1.165, 1.54) is 0 Å². The molecule has 0 amide bonds. The van der Waals surface area contributed by atoms with Crippen molar-refractivity contribution in [3.05, 3.63) is 18.2 Å². The molecule has 5 nitrogen and oxygen atoms in total. The van der Waals surface area contributed by atoms with Crippen LogP contribution in [0.2, 0.25) is 0 Å². The first-order chi connectivity index (χ1) is 9.26. The molecule has 2 aliphatic rings. The van der Waals surface area contributed by atoms with Gasteiger partial charge in [0.15, 0.2) is 11.5 Å². The fourth-order valence-corrected chi connectivity index (χ4v) is 2.76. The standard InChI is InChI=1S/C14H20N2O3/c1-15-14(9-17)4-6-16(7-5-14)11-2-3-12-13(8-11)19-10-18-12/h2-3,8,15,17H,4-7,9-10H2,1H3. The van der Waals surface area contributed by atoms with E-state index in [1.54, 1.807) is 0 Å². The number of likely N-dealkylation sites (N-methyl/N-ethyl adjacent to an activating group) is 1. The summed E-state index contributed by atoms with van der Waals surface area (Å²) in [5.41, 5.74) is 1.04. The molecule has 1 aromatic rings. The summed E-state index contributed by atoms with van der Waals surface area (Å²) >= 11 is 0. The van der Waals surface area contributed by atoms with Gasteiger partial charge in [-0.15, -0.1) is 0 Å². The monoisotopic (exact) mass is 264 g/mol. The Labute approximate surface area is 113 Å². The second-order valence-electron chi connectivity index (χ2n) is 5.21. The number of aliphatic hydroxyl groups is 1. The maximum atomic E-state index is 9.51. The van der Waals surface area contributed by atoms with Crippen LogP contribution in [0.4, 0.5) is 5.69 Å². The van der Waals surface area contributed by atoms with Crippen molar-refractivity contribution in [2.24, 2.45) is 0 Å². The fraction of sp³-hybridized carbons (Fsp3) is 0.571. The van der Waals surface area contributed by atoms with E-state index in [0.29, 0.717) is 6.79 Å². The number of nitrogens with one attached hydrogen (secondary N) is 1. The van der Waals surface area contributed by atoms with Crippen LogP contribution in [0.25, 0.3) is 0 Å². The normalized spacial score (nSPS) is 20.6. The van der Waals surface area contributed by atoms with Gasteiger partial charge in [-0.3, -0.25) is 0 Å². The molecule has 0 atom stereocenters. The molecule has 0 radical (unpaired) electrons. The van der Waals surface area contributed by atoms with Gasteiger partial charge in [0.2, 0.25) is 6.79 Å². The molecular weight excluding hydrogens is 244 g/mol. The predicted octanol–water partition coefficient (Wildman–Crippen LogP) is 0.966. The van der Waals surface area contributed by atoms with Crippen LogP contribution in [0.15, 0.2) is 18.2 Å². The molecule has 2 heterocycles. The van der Waals surface area contributed by atoms with Gasteiger partial charge in [-0.2, -0.15) is 0 Å². The van der Waals surface area contributed by atoms with Gasteiger partial charge in [-0.05, 0) is 32.0 Å². The summed E-state index contributed by atoms with van der Waals surface area (Å²) in [6, 6.07) is 6.07. The van der Waals surface area contributed by atoms with Crippen LogP contribution < -0.4 is 19.7 Å². The predicted molar refractivity (Wildman–Crippen MR) is 72.9 cm³/mol. The van der Waals surface area contributed by atoms with Crippen molar-refractivity contribution in [2.45, 2.75) is 18.4 Å². The lowest BCUT2D eigenvalue weighted by molar-refractivity contribution is 0.142. The number of ether oxygens (including phenoxy) is 2. The highest BCUT2D eigenvalue weighted by atomic mass is 16.7. The molecule has 5 heteroatoms. The Morgan fingerprint density at radius 2 is 2.00 bits per heavy atom. The average molecular weight is 264 g/mol. The van der Waals surface area contributed by atoms with Crippen molar-refractivity contribution in [2.75, 3.05) is 38.4 Å². The van der Waals surface area contributed by atoms with Crippen LogP contribution in [0.5, 0.6) is 11.5 Å². The average Bonchev–Trinajstić information content (AvgIpc) is 2.95. The summed E-state index contributed by atoms with van der Waals surface area (Å²) < 4.78 is 10.7. The molecule has 19 heavy (non-hydrogen) atoms. The quantitative estimate of drug-likeness (QED) is 0.852. The number of benzene rings is 1. The minimum atomic E-state index is -0.118. The second-order valence-corrected chi connectivity index (χ2v) is 5.21. The minimum Gasteiger partial charge on any atom is -0.454 e. The maximum Gasteiger partial charge on any atom is 0.231 e. The van der Waals surface area contributed by atoms with E-state index in [9.17, 15) is 5.11 Å². The Bertz CT molecular complexity index is 450. The van der Waals surface area contributed by atoms with Crippen molar-refractivity contribution < 1.29 is 14.6 Å².